The number of methoxy groups -OCH3 is 1. The van der Waals surface area contributed by atoms with Gasteiger partial charge in [0.25, 0.3) is 0 Å². The van der Waals surface area contributed by atoms with E-state index in [1.54, 1.807) is 24.5 Å². The molecule has 1 aliphatic rings. The SMILES string of the molecule is COC(=O)c1cccc(CNC(=O)[C@@H]2C[C@H]2c2ccco2)c1. The van der Waals surface area contributed by atoms with Crippen LogP contribution in [0.1, 0.15) is 34.0 Å². The molecule has 2 atom stereocenters. The van der Waals surface area contributed by atoms with Crippen molar-refractivity contribution >= 4 is 11.9 Å². The molecule has 114 valence electrons. The Morgan fingerprint density at radius 2 is 2.18 bits per heavy atom. The lowest BCUT2D eigenvalue weighted by atomic mass is 10.1. The molecule has 0 aliphatic heterocycles. The molecule has 1 aromatic carbocycles. The van der Waals surface area contributed by atoms with Crippen molar-refractivity contribution in [1.82, 2.24) is 5.32 Å². The van der Waals surface area contributed by atoms with Gasteiger partial charge in [-0.2, -0.15) is 0 Å². The highest BCUT2D eigenvalue weighted by molar-refractivity contribution is 5.89. The number of carbonyl (C=O) groups excluding carboxylic acids is 2. The maximum Gasteiger partial charge on any atom is 0.337 e. The maximum atomic E-state index is 12.1. The zero-order valence-electron chi connectivity index (χ0n) is 12.2. The molecular formula is C17H17NO4. The van der Waals surface area contributed by atoms with E-state index in [2.05, 4.69) is 10.1 Å². The number of carbonyl (C=O) groups is 2. The quantitative estimate of drug-likeness (QED) is 0.861. The Morgan fingerprint density at radius 3 is 2.91 bits per heavy atom. The average molecular weight is 299 g/mol. The number of esters is 1. The van der Waals surface area contributed by atoms with E-state index in [9.17, 15) is 9.59 Å². The molecule has 0 bridgehead atoms. The minimum Gasteiger partial charge on any atom is -0.469 e. The first-order valence-electron chi connectivity index (χ1n) is 7.17. The minimum absolute atomic E-state index is 0.0184. The van der Waals surface area contributed by atoms with Gasteiger partial charge < -0.3 is 14.5 Å². The van der Waals surface area contributed by atoms with Crippen molar-refractivity contribution in [2.24, 2.45) is 5.92 Å². The van der Waals surface area contributed by atoms with Crippen LogP contribution in [-0.2, 0) is 16.1 Å². The van der Waals surface area contributed by atoms with Crippen LogP contribution in [0.3, 0.4) is 0 Å². The van der Waals surface area contributed by atoms with Gasteiger partial charge in [-0.25, -0.2) is 4.79 Å². The summed E-state index contributed by atoms with van der Waals surface area (Å²) in [6.45, 7) is 0.394. The van der Waals surface area contributed by atoms with Crippen molar-refractivity contribution in [2.75, 3.05) is 7.11 Å². The number of nitrogens with one attached hydrogen (secondary N) is 1. The second-order valence-corrected chi connectivity index (χ2v) is 5.37. The van der Waals surface area contributed by atoms with Crippen LogP contribution in [0.25, 0.3) is 0 Å². The molecule has 1 aliphatic carbocycles. The lowest BCUT2D eigenvalue weighted by Crippen LogP contribution is -2.25. The monoisotopic (exact) mass is 299 g/mol. The van der Waals surface area contributed by atoms with E-state index in [1.807, 2.05) is 18.2 Å². The number of benzene rings is 1. The highest BCUT2D eigenvalue weighted by atomic mass is 16.5. The molecule has 22 heavy (non-hydrogen) atoms. The number of ether oxygens (including phenoxy) is 1. The van der Waals surface area contributed by atoms with Crippen molar-refractivity contribution < 1.29 is 18.7 Å². The molecule has 5 nitrogen and oxygen atoms in total. The third-order valence-electron chi connectivity index (χ3n) is 3.85. The van der Waals surface area contributed by atoms with Gasteiger partial charge in [-0.15, -0.1) is 0 Å². The van der Waals surface area contributed by atoms with Gasteiger partial charge in [0.15, 0.2) is 0 Å². The van der Waals surface area contributed by atoms with Crippen molar-refractivity contribution in [1.29, 1.82) is 0 Å². The molecule has 1 fully saturated rings. The van der Waals surface area contributed by atoms with Crippen LogP contribution in [0.15, 0.2) is 47.1 Å². The molecule has 5 heteroatoms. The second kappa shape index (κ2) is 6.05. The number of hydrogen-bond acceptors (Lipinski definition) is 4. The summed E-state index contributed by atoms with van der Waals surface area (Å²) in [4.78, 5) is 23.6. The first kappa shape index (κ1) is 14.4. The minimum atomic E-state index is -0.381. The predicted octanol–water partition coefficient (Wildman–Crippen LogP) is 2.49. The molecule has 1 heterocycles. The van der Waals surface area contributed by atoms with Gasteiger partial charge >= 0.3 is 5.97 Å². The smallest absolute Gasteiger partial charge is 0.337 e. The summed E-state index contributed by atoms with van der Waals surface area (Å²) in [5.74, 6) is 0.678. The van der Waals surface area contributed by atoms with E-state index in [4.69, 9.17) is 4.42 Å². The Bertz CT molecular complexity index is 678. The van der Waals surface area contributed by atoms with E-state index < -0.39 is 0 Å². The molecule has 1 amide bonds. The highest BCUT2D eigenvalue weighted by Gasteiger charge is 2.45. The zero-order chi connectivity index (χ0) is 15.5. The van der Waals surface area contributed by atoms with Gasteiger partial charge in [0, 0.05) is 18.4 Å². The average Bonchev–Trinajstić information content (AvgIpc) is 3.17. The third kappa shape index (κ3) is 3.03. The Hall–Kier alpha value is -2.56. The summed E-state index contributed by atoms with van der Waals surface area (Å²) in [7, 11) is 1.35. The second-order valence-electron chi connectivity index (χ2n) is 5.37. The van der Waals surface area contributed by atoms with E-state index in [0.29, 0.717) is 12.1 Å². The van der Waals surface area contributed by atoms with Crippen molar-refractivity contribution in [3.8, 4) is 0 Å². The van der Waals surface area contributed by atoms with Gasteiger partial charge in [0.1, 0.15) is 5.76 Å². The Balaban J connectivity index is 1.55. The van der Waals surface area contributed by atoms with E-state index in [1.165, 1.54) is 7.11 Å². The van der Waals surface area contributed by atoms with E-state index in [0.717, 1.165) is 17.7 Å². The maximum absolute atomic E-state index is 12.1. The van der Waals surface area contributed by atoms with Crippen LogP contribution < -0.4 is 5.32 Å². The molecule has 0 radical (unpaired) electrons. The van der Waals surface area contributed by atoms with Crippen molar-refractivity contribution in [2.45, 2.75) is 18.9 Å². The lowest BCUT2D eigenvalue weighted by molar-refractivity contribution is -0.122. The van der Waals surface area contributed by atoms with Crippen LogP contribution in [0.4, 0.5) is 0 Å². The number of rotatable bonds is 5. The molecule has 1 saturated carbocycles. The molecule has 1 N–H and O–H groups in total. The molecular weight excluding hydrogens is 282 g/mol. The van der Waals surface area contributed by atoms with Crippen LogP contribution in [0.2, 0.25) is 0 Å². The number of furan rings is 1. The predicted molar refractivity (Wildman–Crippen MR) is 79.2 cm³/mol. The van der Waals surface area contributed by atoms with Crippen LogP contribution in [0.5, 0.6) is 0 Å². The summed E-state index contributed by atoms with van der Waals surface area (Å²) < 4.78 is 10.0. The normalized spacial score (nSPS) is 19.5. The topological polar surface area (TPSA) is 68.5 Å². The van der Waals surface area contributed by atoms with Crippen molar-refractivity contribution in [3.05, 3.63) is 59.5 Å². The first-order chi connectivity index (χ1) is 10.7. The summed E-state index contributed by atoms with van der Waals surface area (Å²) in [5.41, 5.74) is 1.35. The Kier molecular flexibility index (Phi) is 3.96. The fraction of sp³-hybridized carbons (Fsp3) is 0.294. The largest absolute Gasteiger partial charge is 0.469 e. The summed E-state index contributed by atoms with van der Waals surface area (Å²) in [6.07, 6.45) is 2.45. The third-order valence-corrected chi connectivity index (χ3v) is 3.85. The number of hydrogen-bond donors (Lipinski definition) is 1. The van der Waals surface area contributed by atoms with Gasteiger partial charge in [0.05, 0.1) is 18.9 Å². The summed E-state index contributed by atoms with van der Waals surface area (Å²) in [5, 5.41) is 2.90. The Labute approximate surface area is 128 Å². The number of amides is 1. The molecule has 0 spiro atoms. The zero-order valence-corrected chi connectivity index (χ0v) is 12.2. The summed E-state index contributed by atoms with van der Waals surface area (Å²) in [6, 6.07) is 10.8. The van der Waals surface area contributed by atoms with Crippen LogP contribution >= 0.6 is 0 Å². The van der Waals surface area contributed by atoms with Gasteiger partial charge in [0.2, 0.25) is 5.91 Å². The molecule has 2 aromatic rings. The van der Waals surface area contributed by atoms with Gasteiger partial charge in [-0.05, 0) is 36.2 Å². The fourth-order valence-corrected chi connectivity index (χ4v) is 2.55. The van der Waals surface area contributed by atoms with Crippen LogP contribution in [-0.4, -0.2) is 19.0 Å². The highest BCUT2D eigenvalue weighted by Crippen LogP contribution is 2.47. The standard InChI is InChI=1S/C17H17NO4/c1-21-17(20)12-5-2-4-11(8-12)10-18-16(19)14-9-13(14)15-6-3-7-22-15/h2-8,13-14H,9-10H2,1H3,(H,18,19)/t13-,14-/m1/s1. The van der Waals surface area contributed by atoms with Crippen LogP contribution in [0, 0.1) is 5.92 Å². The lowest BCUT2D eigenvalue weighted by Gasteiger charge is -2.06. The van der Waals surface area contributed by atoms with Crippen molar-refractivity contribution in [3.63, 3.8) is 0 Å². The summed E-state index contributed by atoms with van der Waals surface area (Å²) >= 11 is 0. The molecule has 1 aromatic heterocycles. The van der Waals surface area contributed by atoms with E-state index in [-0.39, 0.29) is 23.7 Å². The van der Waals surface area contributed by atoms with Gasteiger partial charge in [-0.1, -0.05) is 12.1 Å². The van der Waals surface area contributed by atoms with E-state index >= 15 is 0 Å². The first-order valence-corrected chi connectivity index (χ1v) is 7.17. The molecule has 3 rings (SSSR count). The Morgan fingerprint density at radius 1 is 1.32 bits per heavy atom. The fourth-order valence-electron chi connectivity index (χ4n) is 2.55. The molecule has 0 unspecified atom stereocenters. The molecule has 0 saturated heterocycles. The van der Waals surface area contributed by atoms with Gasteiger partial charge in [-0.3, -0.25) is 4.79 Å².